The van der Waals surface area contributed by atoms with Crippen LogP contribution in [0.4, 0.5) is 5.95 Å². The van der Waals surface area contributed by atoms with Crippen LogP contribution in [0, 0.1) is 6.92 Å². The SMILES string of the molecule is Cc1ccc2[nH]cc(-c3ccnc(NC4CCC(O)CC4)n3)c2c1. The van der Waals surface area contributed by atoms with Gasteiger partial charge in [-0.05, 0) is 50.8 Å². The van der Waals surface area contributed by atoms with E-state index in [-0.39, 0.29) is 6.10 Å². The molecule has 1 aliphatic rings. The molecule has 5 nitrogen and oxygen atoms in total. The highest BCUT2D eigenvalue weighted by Crippen LogP contribution is 2.29. The van der Waals surface area contributed by atoms with Crippen molar-refractivity contribution < 1.29 is 5.11 Å². The van der Waals surface area contributed by atoms with Gasteiger partial charge in [-0.3, -0.25) is 0 Å². The van der Waals surface area contributed by atoms with Crippen LogP contribution >= 0.6 is 0 Å². The molecule has 0 radical (unpaired) electrons. The number of nitrogens with one attached hydrogen (secondary N) is 2. The predicted molar refractivity (Wildman–Crippen MR) is 95.9 cm³/mol. The van der Waals surface area contributed by atoms with Gasteiger partial charge in [0.05, 0.1) is 11.8 Å². The third-order valence-corrected chi connectivity index (χ3v) is 4.80. The van der Waals surface area contributed by atoms with Crippen molar-refractivity contribution in [3.05, 3.63) is 42.2 Å². The first kappa shape index (κ1) is 15.1. The summed E-state index contributed by atoms with van der Waals surface area (Å²) in [6, 6.07) is 8.67. The van der Waals surface area contributed by atoms with E-state index in [0.717, 1.165) is 42.5 Å². The maximum atomic E-state index is 9.62. The Morgan fingerprint density at radius 1 is 1.17 bits per heavy atom. The smallest absolute Gasteiger partial charge is 0.223 e. The summed E-state index contributed by atoms with van der Waals surface area (Å²) in [6.45, 7) is 2.10. The fourth-order valence-corrected chi connectivity index (χ4v) is 3.43. The second-order valence-electron chi connectivity index (χ2n) is 6.67. The van der Waals surface area contributed by atoms with E-state index in [1.807, 2.05) is 12.3 Å². The van der Waals surface area contributed by atoms with Gasteiger partial charge in [0, 0.05) is 34.9 Å². The molecular formula is C19H22N4O. The zero-order chi connectivity index (χ0) is 16.5. The molecule has 0 aliphatic heterocycles. The molecule has 1 aliphatic carbocycles. The van der Waals surface area contributed by atoms with E-state index in [9.17, 15) is 5.11 Å². The van der Waals surface area contributed by atoms with Crippen molar-refractivity contribution in [2.45, 2.75) is 44.8 Å². The van der Waals surface area contributed by atoms with E-state index in [0.29, 0.717) is 12.0 Å². The molecule has 1 aromatic carbocycles. The molecule has 0 amide bonds. The molecule has 0 unspecified atom stereocenters. The molecule has 2 aromatic heterocycles. The molecule has 124 valence electrons. The number of H-pyrrole nitrogens is 1. The summed E-state index contributed by atoms with van der Waals surface area (Å²) >= 11 is 0. The van der Waals surface area contributed by atoms with Crippen molar-refractivity contribution in [3.8, 4) is 11.3 Å². The molecule has 3 N–H and O–H groups in total. The molecule has 2 heterocycles. The quantitative estimate of drug-likeness (QED) is 0.688. The molecule has 24 heavy (non-hydrogen) atoms. The number of aromatic amines is 1. The van der Waals surface area contributed by atoms with Crippen molar-refractivity contribution in [3.63, 3.8) is 0 Å². The number of benzene rings is 1. The van der Waals surface area contributed by atoms with Crippen LogP contribution in [0.5, 0.6) is 0 Å². The molecule has 0 saturated heterocycles. The van der Waals surface area contributed by atoms with Crippen LogP contribution in [0.15, 0.2) is 36.7 Å². The number of hydrogen-bond acceptors (Lipinski definition) is 4. The molecule has 5 heteroatoms. The number of aliphatic hydroxyl groups is 1. The van der Waals surface area contributed by atoms with Crippen LogP contribution in [0.3, 0.4) is 0 Å². The molecule has 1 saturated carbocycles. The second-order valence-corrected chi connectivity index (χ2v) is 6.67. The van der Waals surface area contributed by atoms with Gasteiger partial charge in [0.25, 0.3) is 0 Å². The summed E-state index contributed by atoms with van der Waals surface area (Å²) in [5, 5.41) is 14.2. The molecule has 4 rings (SSSR count). The second kappa shape index (κ2) is 6.24. The third kappa shape index (κ3) is 2.99. The first-order valence-electron chi connectivity index (χ1n) is 8.55. The predicted octanol–water partition coefficient (Wildman–Crippen LogP) is 3.65. The highest BCUT2D eigenvalue weighted by atomic mass is 16.3. The molecule has 3 aromatic rings. The standard InChI is InChI=1S/C19H22N4O/c1-12-2-7-17-15(10-12)16(11-21-17)18-8-9-20-19(23-18)22-13-3-5-14(24)6-4-13/h2,7-11,13-14,21,24H,3-6H2,1H3,(H,20,22,23). The fourth-order valence-electron chi connectivity index (χ4n) is 3.43. The zero-order valence-corrected chi connectivity index (χ0v) is 13.8. The number of rotatable bonds is 3. The Morgan fingerprint density at radius 2 is 2.00 bits per heavy atom. The number of aliphatic hydroxyl groups excluding tert-OH is 1. The number of nitrogens with zero attached hydrogens (tertiary/aromatic N) is 2. The lowest BCUT2D eigenvalue weighted by Crippen LogP contribution is -2.28. The molecule has 0 bridgehead atoms. The van der Waals surface area contributed by atoms with E-state index < -0.39 is 0 Å². The number of hydrogen-bond donors (Lipinski definition) is 3. The zero-order valence-electron chi connectivity index (χ0n) is 13.8. The third-order valence-electron chi connectivity index (χ3n) is 4.80. The van der Waals surface area contributed by atoms with Gasteiger partial charge in [0.2, 0.25) is 5.95 Å². The van der Waals surface area contributed by atoms with Crippen LogP contribution in [0.25, 0.3) is 22.2 Å². The summed E-state index contributed by atoms with van der Waals surface area (Å²) in [7, 11) is 0. The van der Waals surface area contributed by atoms with Crippen LogP contribution in [-0.2, 0) is 0 Å². The molecular weight excluding hydrogens is 300 g/mol. The first-order chi connectivity index (χ1) is 11.7. The fraction of sp³-hybridized carbons (Fsp3) is 0.368. The minimum Gasteiger partial charge on any atom is -0.393 e. The summed E-state index contributed by atoms with van der Waals surface area (Å²) in [5.41, 5.74) is 4.36. The van der Waals surface area contributed by atoms with Gasteiger partial charge in [0.15, 0.2) is 0 Å². The number of aromatic nitrogens is 3. The Hall–Kier alpha value is -2.40. The normalized spacial score (nSPS) is 21.1. The van der Waals surface area contributed by atoms with Gasteiger partial charge in [-0.15, -0.1) is 0 Å². The van der Waals surface area contributed by atoms with Crippen LogP contribution in [0.1, 0.15) is 31.2 Å². The Bertz CT molecular complexity index is 849. The highest BCUT2D eigenvalue weighted by Gasteiger charge is 2.20. The van der Waals surface area contributed by atoms with Crippen LogP contribution in [-0.4, -0.2) is 32.2 Å². The topological polar surface area (TPSA) is 73.8 Å². The van der Waals surface area contributed by atoms with Gasteiger partial charge in [0.1, 0.15) is 0 Å². The van der Waals surface area contributed by atoms with Crippen LogP contribution < -0.4 is 5.32 Å². The van der Waals surface area contributed by atoms with Gasteiger partial charge >= 0.3 is 0 Å². The lowest BCUT2D eigenvalue weighted by atomic mass is 9.93. The number of aryl methyl sites for hydroxylation is 1. The highest BCUT2D eigenvalue weighted by molar-refractivity contribution is 5.95. The Morgan fingerprint density at radius 3 is 2.83 bits per heavy atom. The van der Waals surface area contributed by atoms with E-state index in [2.05, 4.69) is 40.4 Å². The molecule has 1 fully saturated rings. The van der Waals surface area contributed by atoms with E-state index >= 15 is 0 Å². The number of anilines is 1. The van der Waals surface area contributed by atoms with Crippen molar-refractivity contribution in [1.82, 2.24) is 15.0 Å². The summed E-state index contributed by atoms with van der Waals surface area (Å²) in [4.78, 5) is 12.4. The van der Waals surface area contributed by atoms with E-state index in [1.165, 1.54) is 10.9 Å². The number of fused-ring (bicyclic) bond motifs is 1. The van der Waals surface area contributed by atoms with Crippen molar-refractivity contribution in [1.29, 1.82) is 0 Å². The summed E-state index contributed by atoms with van der Waals surface area (Å²) in [5.74, 6) is 0.663. The lowest BCUT2D eigenvalue weighted by Gasteiger charge is -2.26. The minimum atomic E-state index is -0.148. The Labute approximate surface area is 141 Å². The molecule has 0 atom stereocenters. The Kier molecular flexibility index (Phi) is 3.94. The van der Waals surface area contributed by atoms with Gasteiger partial charge in [-0.1, -0.05) is 11.6 Å². The van der Waals surface area contributed by atoms with Gasteiger partial charge < -0.3 is 15.4 Å². The summed E-state index contributed by atoms with van der Waals surface area (Å²) < 4.78 is 0. The Balaban J connectivity index is 1.61. The average molecular weight is 322 g/mol. The lowest BCUT2D eigenvalue weighted by molar-refractivity contribution is 0.126. The van der Waals surface area contributed by atoms with Crippen molar-refractivity contribution in [2.75, 3.05) is 5.32 Å². The maximum Gasteiger partial charge on any atom is 0.223 e. The molecule has 0 spiro atoms. The van der Waals surface area contributed by atoms with Crippen molar-refractivity contribution in [2.24, 2.45) is 0 Å². The maximum absolute atomic E-state index is 9.62. The minimum absolute atomic E-state index is 0.148. The van der Waals surface area contributed by atoms with Crippen molar-refractivity contribution >= 4 is 16.9 Å². The van der Waals surface area contributed by atoms with Gasteiger partial charge in [-0.2, -0.15) is 0 Å². The summed E-state index contributed by atoms with van der Waals surface area (Å²) in [6.07, 6.45) is 7.27. The average Bonchev–Trinajstić information content (AvgIpc) is 3.00. The van der Waals surface area contributed by atoms with E-state index in [4.69, 9.17) is 4.98 Å². The monoisotopic (exact) mass is 322 g/mol. The first-order valence-corrected chi connectivity index (χ1v) is 8.55. The largest absolute Gasteiger partial charge is 0.393 e. The van der Waals surface area contributed by atoms with Crippen LogP contribution in [0.2, 0.25) is 0 Å². The van der Waals surface area contributed by atoms with E-state index in [1.54, 1.807) is 6.20 Å². The van der Waals surface area contributed by atoms with Gasteiger partial charge in [-0.25, -0.2) is 9.97 Å².